The largest absolute Gasteiger partial charge is 0.416 e. The van der Waals surface area contributed by atoms with Crippen LogP contribution < -0.4 is 4.90 Å². The van der Waals surface area contributed by atoms with Gasteiger partial charge in [-0.2, -0.15) is 13.2 Å². The molecular weight excluding hydrogens is 327 g/mol. The average molecular weight is 334 g/mol. The second-order valence-corrected chi connectivity index (χ2v) is 4.92. The maximum atomic E-state index is 12.7. The molecule has 1 aliphatic rings. The molecule has 1 heterocycles. The van der Waals surface area contributed by atoms with E-state index in [9.17, 15) is 22.8 Å². The molecule has 0 saturated heterocycles. The Morgan fingerprint density at radius 1 is 1.16 bits per heavy atom. The van der Waals surface area contributed by atoms with Gasteiger partial charge in [-0.15, -0.1) is 0 Å². The molecule has 1 aromatic rings. The third-order valence-electron chi connectivity index (χ3n) is 2.57. The lowest BCUT2D eigenvalue weighted by Gasteiger charge is -2.17. The molecule has 0 bridgehead atoms. The molecule has 2 amide bonds. The fourth-order valence-electron chi connectivity index (χ4n) is 1.70. The summed E-state index contributed by atoms with van der Waals surface area (Å²) < 4.78 is 38.2. The molecule has 19 heavy (non-hydrogen) atoms. The molecule has 0 saturated carbocycles. The van der Waals surface area contributed by atoms with E-state index in [4.69, 9.17) is 0 Å². The van der Waals surface area contributed by atoms with Crippen LogP contribution in [0.15, 0.2) is 34.3 Å². The molecule has 7 heteroatoms. The van der Waals surface area contributed by atoms with E-state index in [1.54, 1.807) is 0 Å². The third-order valence-corrected chi connectivity index (χ3v) is 3.03. The molecule has 0 radical (unpaired) electrons. The van der Waals surface area contributed by atoms with Gasteiger partial charge < -0.3 is 0 Å². The Balaban J connectivity index is 2.50. The normalized spacial score (nSPS) is 16.1. The summed E-state index contributed by atoms with van der Waals surface area (Å²) in [6, 6.07) is 2.94. The number of benzene rings is 1. The van der Waals surface area contributed by atoms with E-state index >= 15 is 0 Å². The second-order valence-electron chi connectivity index (χ2n) is 4.00. The molecule has 0 spiro atoms. The van der Waals surface area contributed by atoms with Crippen LogP contribution in [-0.4, -0.2) is 11.8 Å². The molecule has 0 aliphatic carbocycles. The summed E-state index contributed by atoms with van der Waals surface area (Å²) >= 11 is 2.94. The van der Waals surface area contributed by atoms with Crippen LogP contribution in [0.5, 0.6) is 0 Å². The van der Waals surface area contributed by atoms with Gasteiger partial charge in [-0.05, 0) is 25.1 Å². The molecule has 2 rings (SSSR count). The van der Waals surface area contributed by atoms with Crippen molar-refractivity contribution in [2.45, 2.75) is 13.1 Å². The number of carbonyl (C=O) groups is 2. The first-order valence-corrected chi connectivity index (χ1v) is 5.94. The number of hydrogen-bond donors (Lipinski definition) is 0. The number of alkyl halides is 3. The Bertz CT molecular complexity index is 607. The minimum atomic E-state index is -4.55. The highest BCUT2D eigenvalue weighted by atomic mass is 79.9. The monoisotopic (exact) mass is 333 g/mol. The summed E-state index contributed by atoms with van der Waals surface area (Å²) in [5.74, 6) is -1.26. The first kappa shape index (κ1) is 13.8. The van der Waals surface area contributed by atoms with Gasteiger partial charge in [0, 0.05) is 16.1 Å². The summed E-state index contributed by atoms with van der Waals surface area (Å²) in [6.45, 7) is 1.43. The molecule has 1 aromatic carbocycles. The van der Waals surface area contributed by atoms with Crippen molar-refractivity contribution in [2.24, 2.45) is 0 Å². The first-order chi connectivity index (χ1) is 8.70. The molecule has 0 aromatic heterocycles. The number of hydrogen-bond acceptors (Lipinski definition) is 2. The maximum Gasteiger partial charge on any atom is 0.416 e. The van der Waals surface area contributed by atoms with Crippen LogP contribution >= 0.6 is 15.9 Å². The Labute approximate surface area is 114 Å². The molecule has 0 unspecified atom stereocenters. The van der Waals surface area contributed by atoms with Gasteiger partial charge in [0.15, 0.2) is 0 Å². The van der Waals surface area contributed by atoms with Crippen molar-refractivity contribution in [2.75, 3.05) is 4.90 Å². The molecule has 1 aliphatic heterocycles. The highest BCUT2D eigenvalue weighted by Gasteiger charge is 2.34. The van der Waals surface area contributed by atoms with E-state index in [1.807, 2.05) is 0 Å². The number of rotatable bonds is 1. The second kappa shape index (κ2) is 4.48. The predicted molar refractivity (Wildman–Crippen MR) is 65.4 cm³/mol. The lowest BCUT2D eigenvalue weighted by Crippen LogP contribution is -2.30. The fourth-order valence-corrected chi connectivity index (χ4v) is 2.18. The van der Waals surface area contributed by atoms with Crippen molar-refractivity contribution in [3.05, 3.63) is 39.9 Å². The van der Waals surface area contributed by atoms with Crippen molar-refractivity contribution in [3.8, 4) is 0 Å². The van der Waals surface area contributed by atoms with Gasteiger partial charge >= 0.3 is 6.18 Å². The van der Waals surface area contributed by atoms with Gasteiger partial charge in [0.05, 0.1) is 11.3 Å². The zero-order chi connectivity index (χ0) is 14.4. The third kappa shape index (κ3) is 2.56. The lowest BCUT2D eigenvalue weighted by atomic mass is 10.2. The van der Waals surface area contributed by atoms with E-state index in [1.165, 1.54) is 13.0 Å². The summed E-state index contributed by atoms with van der Waals surface area (Å²) in [4.78, 5) is 24.0. The summed E-state index contributed by atoms with van der Waals surface area (Å²) in [5.41, 5.74) is -0.842. The van der Waals surface area contributed by atoms with Crippen molar-refractivity contribution < 1.29 is 22.8 Å². The van der Waals surface area contributed by atoms with Gasteiger partial charge in [0.1, 0.15) is 0 Å². The fraction of sp³-hybridized carbons (Fsp3) is 0.167. The Morgan fingerprint density at radius 2 is 1.79 bits per heavy atom. The summed E-state index contributed by atoms with van der Waals surface area (Å²) in [6.07, 6.45) is -3.46. The topological polar surface area (TPSA) is 37.4 Å². The van der Waals surface area contributed by atoms with E-state index in [2.05, 4.69) is 15.9 Å². The van der Waals surface area contributed by atoms with Crippen LogP contribution in [0.2, 0.25) is 0 Å². The molecule has 0 fully saturated rings. The highest BCUT2D eigenvalue weighted by Crippen LogP contribution is 2.35. The smallest absolute Gasteiger partial charge is 0.269 e. The lowest BCUT2D eigenvalue weighted by molar-refractivity contribution is -0.137. The van der Waals surface area contributed by atoms with Gasteiger partial charge in [-0.3, -0.25) is 9.59 Å². The summed E-state index contributed by atoms with van der Waals surface area (Å²) in [7, 11) is 0. The maximum absolute atomic E-state index is 12.7. The molecule has 3 nitrogen and oxygen atoms in total. The number of anilines is 1. The number of halogens is 4. The van der Waals surface area contributed by atoms with Crippen molar-refractivity contribution >= 4 is 33.4 Å². The SMILES string of the molecule is CC1=CC(=O)N(c2cc(Br)cc(C(F)(F)F)c2)C1=O. The van der Waals surface area contributed by atoms with E-state index in [-0.39, 0.29) is 15.7 Å². The van der Waals surface area contributed by atoms with Gasteiger partial charge in [0.25, 0.3) is 11.8 Å². The molecule has 100 valence electrons. The Kier molecular flexibility index (Phi) is 3.25. The van der Waals surface area contributed by atoms with Crippen LogP contribution in [0.3, 0.4) is 0 Å². The van der Waals surface area contributed by atoms with E-state index in [0.717, 1.165) is 23.1 Å². The number of imide groups is 1. The standard InChI is InChI=1S/C12H7BrF3NO2/c1-6-2-10(18)17(11(6)19)9-4-7(12(14,15)16)3-8(13)5-9/h2-5H,1H3. The Hall–Kier alpha value is -1.63. The Morgan fingerprint density at radius 3 is 2.26 bits per heavy atom. The zero-order valence-corrected chi connectivity index (χ0v) is 11.2. The average Bonchev–Trinajstić information content (AvgIpc) is 2.51. The minimum Gasteiger partial charge on any atom is -0.269 e. The highest BCUT2D eigenvalue weighted by molar-refractivity contribution is 9.10. The van der Waals surface area contributed by atoms with Crippen molar-refractivity contribution in [1.29, 1.82) is 0 Å². The quantitative estimate of drug-likeness (QED) is 0.739. The van der Waals surface area contributed by atoms with Crippen LogP contribution in [0.25, 0.3) is 0 Å². The number of nitrogens with zero attached hydrogens (tertiary/aromatic N) is 1. The predicted octanol–water partition coefficient (Wildman–Crippen LogP) is 3.29. The van der Waals surface area contributed by atoms with Crippen LogP contribution in [0, 0.1) is 0 Å². The van der Waals surface area contributed by atoms with Gasteiger partial charge in [0.2, 0.25) is 0 Å². The van der Waals surface area contributed by atoms with E-state index < -0.39 is 23.6 Å². The van der Waals surface area contributed by atoms with E-state index in [0.29, 0.717) is 0 Å². The van der Waals surface area contributed by atoms with Gasteiger partial charge in [-0.1, -0.05) is 15.9 Å². The van der Waals surface area contributed by atoms with Crippen molar-refractivity contribution in [1.82, 2.24) is 0 Å². The number of amides is 2. The summed E-state index contributed by atoms with van der Waals surface area (Å²) in [5, 5.41) is 0. The van der Waals surface area contributed by atoms with Crippen LogP contribution in [0.4, 0.5) is 18.9 Å². The molecule has 0 atom stereocenters. The number of carbonyl (C=O) groups excluding carboxylic acids is 2. The van der Waals surface area contributed by atoms with Crippen molar-refractivity contribution in [3.63, 3.8) is 0 Å². The van der Waals surface area contributed by atoms with Gasteiger partial charge in [-0.25, -0.2) is 4.90 Å². The minimum absolute atomic E-state index is 0.107. The molecular formula is C12H7BrF3NO2. The van der Waals surface area contributed by atoms with Crippen LogP contribution in [-0.2, 0) is 15.8 Å². The zero-order valence-electron chi connectivity index (χ0n) is 9.58. The van der Waals surface area contributed by atoms with Crippen LogP contribution in [0.1, 0.15) is 12.5 Å². The molecule has 0 N–H and O–H groups in total. The first-order valence-electron chi connectivity index (χ1n) is 5.14.